The van der Waals surface area contributed by atoms with Gasteiger partial charge in [-0.05, 0) is 46.7 Å². The molecule has 2 nitrogen and oxygen atoms in total. The highest BCUT2D eigenvalue weighted by molar-refractivity contribution is 4.97. The summed E-state index contributed by atoms with van der Waals surface area (Å²) in [6, 6.07) is -0.514. The SMILES string of the molecule is CC(C)(C)N1CCC(N2CCC2)C(F)(F)C1. The van der Waals surface area contributed by atoms with Crippen molar-refractivity contribution < 1.29 is 8.78 Å². The zero-order chi connectivity index (χ0) is 12.0. The van der Waals surface area contributed by atoms with Crippen molar-refractivity contribution in [3.63, 3.8) is 0 Å². The van der Waals surface area contributed by atoms with Crippen molar-refractivity contribution in [2.24, 2.45) is 0 Å². The molecule has 2 rings (SSSR count). The third-order valence-electron chi connectivity index (χ3n) is 3.84. The van der Waals surface area contributed by atoms with Crippen molar-refractivity contribution in [2.45, 2.75) is 51.1 Å². The molecule has 0 N–H and O–H groups in total. The van der Waals surface area contributed by atoms with E-state index in [1.807, 2.05) is 30.6 Å². The second-order valence-corrected chi connectivity index (χ2v) is 6.05. The summed E-state index contributed by atoms with van der Waals surface area (Å²) in [6.07, 6.45) is 1.68. The van der Waals surface area contributed by atoms with Crippen molar-refractivity contribution in [1.82, 2.24) is 9.80 Å². The van der Waals surface area contributed by atoms with Crippen LogP contribution in [0.2, 0.25) is 0 Å². The first-order chi connectivity index (χ1) is 7.31. The highest BCUT2D eigenvalue weighted by Crippen LogP contribution is 2.35. The van der Waals surface area contributed by atoms with Crippen LogP contribution in [0.4, 0.5) is 8.78 Å². The molecule has 0 amide bonds. The normalized spacial score (nSPS) is 32.4. The van der Waals surface area contributed by atoms with E-state index in [0.29, 0.717) is 6.42 Å². The predicted octanol–water partition coefficient (Wildman–Crippen LogP) is 2.20. The number of likely N-dealkylation sites (tertiary alicyclic amines) is 2. The van der Waals surface area contributed by atoms with Crippen LogP contribution in [0.25, 0.3) is 0 Å². The molecule has 0 spiro atoms. The number of hydrogen-bond donors (Lipinski definition) is 0. The molecule has 94 valence electrons. The Morgan fingerprint density at radius 2 is 1.75 bits per heavy atom. The lowest BCUT2D eigenvalue weighted by molar-refractivity contribution is -0.152. The number of hydrogen-bond acceptors (Lipinski definition) is 2. The maximum atomic E-state index is 14.0. The van der Waals surface area contributed by atoms with E-state index in [-0.39, 0.29) is 12.1 Å². The van der Waals surface area contributed by atoms with E-state index < -0.39 is 12.0 Å². The van der Waals surface area contributed by atoms with E-state index in [9.17, 15) is 8.78 Å². The maximum absolute atomic E-state index is 14.0. The molecule has 2 saturated heterocycles. The maximum Gasteiger partial charge on any atom is 0.275 e. The molecule has 2 aliphatic rings. The molecule has 0 radical (unpaired) electrons. The van der Waals surface area contributed by atoms with E-state index in [1.165, 1.54) is 0 Å². The van der Waals surface area contributed by atoms with Gasteiger partial charge in [0, 0.05) is 12.1 Å². The number of piperidine rings is 1. The number of alkyl halides is 2. The van der Waals surface area contributed by atoms with Crippen molar-refractivity contribution >= 4 is 0 Å². The summed E-state index contributed by atoms with van der Waals surface area (Å²) in [6.45, 7) is 8.44. The molecular formula is C12H22F2N2. The Bertz CT molecular complexity index is 256. The standard InChI is InChI=1S/C12H22F2N2/c1-11(2,3)16-8-5-10(12(13,14)9-16)15-6-4-7-15/h10H,4-9H2,1-3H3. The first-order valence-electron chi connectivity index (χ1n) is 6.18. The average Bonchev–Trinajstić information content (AvgIpc) is 2.02. The van der Waals surface area contributed by atoms with Crippen LogP contribution >= 0.6 is 0 Å². The van der Waals surface area contributed by atoms with Crippen LogP contribution in [0, 0.1) is 0 Å². The van der Waals surface area contributed by atoms with Crippen LogP contribution in [0.15, 0.2) is 0 Å². The minimum atomic E-state index is -2.55. The third kappa shape index (κ3) is 2.23. The van der Waals surface area contributed by atoms with Gasteiger partial charge in [-0.25, -0.2) is 8.78 Å². The van der Waals surface area contributed by atoms with E-state index in [1.54, 1.807) is 0 Å². The number of nitrogens with zero attached hydrogens (tertiary/aromatic N) is 2. The van der Waals surface area contributed by atoms with Gasteiger partial charge in [0.05, 0.1) is 12.6 Å². The molecule has 2 aliphatic heterocycles. The lowest BCUT2D eigenvalue weighted by atomic mass is 9.92. The Hall–Kier alpha value is -0.220. The monoisotopic (exact) mass is 232 g/mol. The average molecular weight is 232 g/mol. The van der Waals surface area contributed by atoms with Gasteiger partial charge in [0.15, 0.2) is 0 Å². The zero-order valence-electron chi connectivity index (χ0n) is 10.5. The smallest absolute Gasteiger partial charge is 0.275 e. The Morgan fingerprint density at radius 3 is 2.12 bits per heavy atom. The van der Waals surface area contributed by atoms with E-state index in [4.69, 9.17) is 0 Å². The first kappa shape index (κ1) is 12.2. The van der Waals surface area contributed by atoms with Gasteiger partial charge in [-0.3, -0.25) is 9.80 Å². The highest BCUT2D eigenvalue weighted by atomic mass is 19.3. The quantitative estimate of drug-likeness (QED) is 0.684. The fourth-order valence-corrected chi connectivity index (χ4v) is 2.60. The highest BCUT2D eigenvalue weighted by Gasteiger charge is 2.49. The lowest BCUT2D eigenvalue weighted by Gasteiger charge is -2.50. The lowest BCUT2D eigenvalue weighted by Crippen LogP contribution is -2.63. The summed E-state index contributed by atoms with van der Waals surface area (Å²) in [5, 5.41) is 0. The van der Waals surface area contributed by atoms with E-state index in [0.717, 1.165) is 26.1 Å². The van der Waals surface area contributed by atoms with E-state index in [2.05, 4.69) is 0 Å². The second kappa shape index (κ2) is 3.91. The van der Waals surface area contributed by atoms with Crippen LogP contribution in [0.1, 0.15) is 33.6 Å². The molecule has 2 fully saturated rings. The van der Waals surface area contributed by atoms with Crippen molar-refractivity contribution in [3.8, 4) is 0 Å². The summed E-state index contributed by atoms with van der Waals surface area (Å²) >= 11 is 0. The van der Waals surface area contributed by atoms with Gasteiger partial charge in [-0.1, -0.05) is 0 Å². The van der Waals surface area contributed by atoms with Crippen LogP contribution < -0.4 is 0 Å². The minimum Gasteiger partial charge on any atom is -0.295 e. The molecule has 1 atom stereocenters. The third-order valence-corrected chi connectivity index (χ3v) is 3.84. The van der Waals surface area contributed by atoms with Gasteiger partial charge in [0.25, 0.3) is 5.92 Å². The summed E-state index contributed by atoms with van der Waals surface area (Å²) in [4.78, 5) is 3.85. The van der Waals surface area contributed by atoms with Gasteiger partial charge >= 0.3 is 0 Å². The topological polar surface area (TPSA) is 6.48 Å². The second-order valence-electron chi connectivity index (χ2n) is 6.05. The van der Waals surface area contributed by atoms with Crippen LogP contribution in [0.5, 0.6) is 0 Å². The van der Waals surface area contributed by atoms with Gasteiger partial charge in [0.1, 0.15) is 0 Å². The van der Waals surface area contributed by atoms with Gasteiger partial charge in [-0.15, -0.1) is 0 Å². The first-order valence-corrected chi connectivity index (χ1v) is 6.18. The van der Waals surface area contributed by atoms with Crippen LogP contribution in [0.3, 0.4) is 0 Å². The molecule has 1 unspecified atom stereocenters. The Labute approximate surface area is 96.6 Å². The number of halogens is 2. The molecule has 0 bridgehead atoms. The molecule has 2 heterocycles. The Balaban J connectivity index is 2.02. The van der Waals surface area contributed by atoms with Gasteiger partial charge < -0.3 is 0 Å². The molecule has 0 aromatic rings. The molecule has 16 heavy (non-hydrogen) atoms. The van der Waals surface area contributed by atoms with Crippen molar-refractivity contribution in [1.29, 1.82) is 0 Å². The Morgan fingerprint density at radius 1 is 1.12 bits per heavy atom. The van der Waals surface area contributed by atoms with Crippen LogP contribution in [-0.4, -0.2) is 53.5 Å². The van der Waals surface area contributed by atoms with E-state index >= 15 is 0 Å². The minimum absolute atomic E-state index is 0.0856. The summed E-state index contributed by atoms with van der Waals surface area (Å²) < 4.78 is 28.1. The molecular weight excluding hydrogens is 210 g/mol. The molecule has 0 saturated carbocycles. The zero-order valence-corrected chi connectivity index (χ0v) is 10.5. The Kier molecular flexibility index (Phi) is 2.99. The fraction of sp³-hybridized carbons (Fsp3) is 1.00. The fourth-order valence-electron chi connectivity index (χ4n) is 2.60. The van der Waals surface area contributed by atoms with Gasteiger partial charge in [0.2, 0.25) is 0 Å². The molecule has 4 heteroatoms. The molecule has 0 aromatic heterocycles. The number of rotatable bonds is 1. The van der Waals surface area contributed by atoms with Crippen molar-refractivity contribution in [2.75, 3.05) is 26.2 Å². The summed E-state index contributed by atoms with van der Waals surface area (Å²) in [5.41, 5.74) is -0.149. The van der Waals surface area contributed by atoms with Crippen LogP contribution in [-0.2, 0) is 0 Å². The predicted molar refractivity (Wildman–Crippen MR) is 60.9 cm³/mol. The molecule has 0 aromatic carbocycles. The molecule has 0 aliphatic carbocycles. The summed E-state index contributed by atoms with van der Waals surface area (Å²) in [7, 11) is 0. The van der Waals surface area contributed by atoms with Crippen molar-refractivity contribution in [3.05, 3.63) is 0 Å². The van der Waals surface area contributed by atoms with Gasteiger partial charge in [-0.2, -0.15) is 0 Å². The summed E-state index contributed by atoms with van der Waals surface area (Å²) in [5.74, 6) is -2.55. The largest absolute Gasteiger partial charge is 0.295 e.